The van der Waals surface area contributed by atoms with E-state index in [1.165, 1.54) is 13.8 Å². The van der Waals surface area contributed by atoms with Crippen LogP contribution in [0.25, 0.3) is 16.3 Å². The number of allylic oxidation sites excluding steroid dienone is 1. The Morgan fingerprint density at radius 2 is 1.50 bits per heavy atom. The Balaban J connectivity index is 2.15. The van der Waals surface area contributed by atoms with Gasteiger partial charge in [0.25, 0.3) is 0 Å². The first-order valence-corrected chi connectivity index (χ1v) is 12.6. The first-order valence-electron chi connectivity index (χ1n) is 10.6. The lowest BCUT2D eigenvalue weighted by atomic mass is 9.96. The molecule has 2 aliphatic heterocycles. The lowest BCUT2D eigenvalue weighted by Crippen LogP contribution is -2.22. The molecule has 0 atom stereocenters. The van der Waals surface area contributed by atoms with E-state index >= 15 is 0 Å². The van der Waals surface area contributed by atoms with Crippen LogP contribution in [0.3, 0.4) is 0 Å². The summed E-state index contributed by atoms with van der Waals surface area (Å²) in [5.41, 5.74) is 1.66. The molecule has 4 rings (SSSR count). The minimum absolute atomic E-state index is 0.349. The third-order valence-corrected chi connectivity index (χ3v) is 7.96. The Labute approximate surface area is 195 Å². The van der Waals surface area contributed by atoms with Crippen molar-refractivity contribution in [2.45, 2.75) is 33.1 Å². The van der Waals surface area contributed by atoms with Crippen molar-refractivity contribution in [3.05, 3.63) is 34.1 Å². The summed E-state index contributed by atoms with van der Waals surface area (Å²) < 4.78 is 12.5. The maximum Gasteiger partial charge on any atom is 0.308 e. The predicted molar refractivity (Wildman–Crippen MR) is 130 cm³/mol. The van der Waals surface area contributed by atoms with E-state index in [1.807, 2.05) is 24.3 Å². The lowest BCUT2D eigenvalue weighted by Gasteiger charge is -2.28. The van der Waals surface area contributed by atoms with E-state index in [9.17, 15) is 14.9 Å². The molecule has 166 valence electrons. The Kier molecular flexibility index (Phi) is 6.97. The summed E-state index contributed by atoms with van der Waals surface area (Å²) in [6, 6.07) is 9.78. The molecular formula is C24H24N2O4S2. The van der Waals surface area contributed by atoms with E-state index in [1.54, 1.807) is 23.5 Å². The third-order valence-electron chi connectivity index (χ3n) is 5.33. The standard InChI is InChI=1S/C24H24N2O4S2/c1-15(27)29-22-17-8-3-4-9-18(17)23(30-16(2)28)21(26-10-5-6-11-26)20(22)19(14-25)24-31-12-7-13-32-24/h3-4,8-9H,5-7,10-13H2,1-2H3. The van der Waals surface area contributed by atoms with Gasteiger partial charge in [-0.15, -0.1) is 23.5 Å². The van der Waals surface area contributed by atoms with Crippen molar-refractivity contribution in [2.75, 3.05) is 29.5 Å². The number of nitriles is 1. The minimum Gasteiger partial charge on any atom is -0.425 e. The summed E-state index contributed by atoms with van der Waals surface area (Å²) in [5, 5.41) is 11.6. The van der Waals surface area contributed by atoms with Gasteiger partial charge < -0.3 is 14.4 Å². The number of fused-ring (bicyclic) bond motifs is 1. The average molecular weight is 469 g/mol. The maximum absolute atomic E-state index is 12.2. The highest BCUT2D eigenvalue weighted by molar-refractivity contribution is 8.23. The smallest absolute Gasteiger partial charge is 0.308 e. The number of carbonyl (C=O) groups excluding carboxylic acids is 2. The molecular weight excluding hydrogens is 444 g/mol. The van der Waals surface area contributed by atoms with Crippen LogP contribution >= 0.6 is 23.5 Å². The number of carbonyl (C=O) groups is 2. The molecule has 0 saturated carbocycles. The fourth-order valence-electron chi connectivity index (χ4n) is 4.11. The van der Waals surface area contributed by atoms with Crippen LogP contribution in [0, 0.1) is 11.3 Å². The number of nitrogens with zero attached hydrogens (tertiary/aromatic N) is 2. The van der Waals surface area contributed by atoms with Crippen LogP contribution in [-0.4, -0.2) is 36.5 Å². The molecule has 0 amide bonds. The molecule has 2 aromatic carbocycles. The van der Waals surface area contributed by atoms with Crippen molar-refractivity contribution < 1.29 is 19.1 Å². The second-order valence-corrected chi connectivity index (χ2v) is 10.1. The number of anilines is 1. The highest BCUT2D eigenvalue weighted by Crippen LogP contribution is 2.52. The largest absolute Gasteiger partial charge is 0.425 e. The van der Waals surface area contributed by atoms with Gasteiger partial charge in [0.1, 0.15) is 11.8 Å². The molecule has 8 heteroatoms. The maximum atomic E-state index is 12.2. The molecule has 0 radical (unpaired) electrons. The molecule has 32 heavy (non-hydrogen) atoms. The number of benzene rings is 2. The number of thioether (sulfide) groups is 2. The molecule has 2 aromatic rings. The van der Waals surface area contributed by atoms with E-state index in [0.717, 1.165) is 48.1 Å². The quantitative estimate of drug-likeness (QED) is 0.337. The lowest BCUT2D eigenvalue weighted by molar-refractivity contribution is -0.132. The van der Waals surface area contributed by atoms with Crippen molar-refractivity contribution in [3.8, 4) is 17.6 Å². The van der Waals surface area contributed by atoms with E-state index < -0.39 is 11.9 Å². The van der Waals surface area contributed by atoms with E-state index in [0.29, 0.717) is 39.1 Å². The molecule has 0 unspecified atom stereocenters. The molecule has 2 aliphatic rings. The molecule has 0 spiro atoms. The zero-order chi connectivity index (χ0) is 22.7. The topological polar surface area (TPSA) is 79.6 Å². The van der Waals surface area contributed by atoms with Gasteiger partial charge in [-0.1, -0.05) is 24.3 Å². The van der Waals surface area contributed by atoms with Gasteiger partial charge in [-0.3, -0.25) is 9.59 Å². The van der Waals surface area contributed by atoms with Crippen molar-refractivity contribution in [1.82, 2.24) is 0 Å². The fraction of sp³-hybridized carbons (Fsp3) is 0.375. The second kappa shape index (κ2) is 9.88. The van der Waals surface area contributed by atoms with Crippen LogP contribution in [0.5, 0.6) is 11.5 Å². The van der Waals surface area contributed by atoms with Gasteiger partial charge in [0.05, 0.1) is 21.1 Å². The molecule has 2 saturated heterocycles. The van der Waals surface area contributed by atoms with Crippen LogP contribution in [0.4, 0.5) is 5.69 Å². The van der Waals surface area contributed by atoms with Gasteiger partial charge in [0.15, 0.2) is 5.75 Å². The summed E-state index contributed by atoms with van der Waals surface area (Å²) in [6.45, 7) is 4.27. The third kappa shape index (κ3) is 4.45. The second-order valence-electron chi connectivity index (χ2n) is 7.63. The number of ether oxygens (including phenoxy) is 2. The Bertz CT molecular complexity index is 1140. The van der Waals surface area contributed by atoms with E-state index in [2.05, 4.69) is 11.0 Å². The van der Waals surface area contributed by atoms with Gasteiger partial charge in [0, 0.05) is 37.7 Å². The number of esters is 2. The van der Waals surface area contributed by atoms with Crippen molar-refractivity contribution in [3.63, 3.8) is 0 Å². The summed E-state index contributed by atoms with van der Waals surface area (Å²) in [6.07, 6.45) is 3.07. The highest BCUT2D eigenvalue weighted by Gasteiger charge is 2.32. The molecule has 6 nitrogen and oxygen atoms in total. The molecule has 0 bridgehead atoms. The van der Waals surface area contributed by atoms with E-state index in [-0.39, 0.29) is 0 Å². The first-order chi connectivity index (χ1) is 15.5. The van der Waals surface area contributed by atoms with Crippen LogP contribution < -0.4 is 14.4 Å². The zero-order valence-electron chi connectivity index (χ0n) is 18.1. The zero-order valence-corrected chi connectivity index (χ0v) is 19.7. The van der Waals surface area contributed by atoms with Gasteiger partial charge in [-0.25, -0.2) is 0 Å². The Hall–Kier alpha value is -2.63. The number of hydrogen-bond acceptors (Lipinski definition) is 8. The van der Waals surface area contributed by atoms with Crippen LogP contribution in [-0.2, 0) is 9.59 Å². The fourth-order valence-corrected chi connectivity index (χ4v) is 6.66. The normalized spacial score (nSPS) is 16.0. The van der Waals surface area contributed by atoms with Crippen LogP contribution in [0.1, 0.15) is 38.7 Å². The summed E-state index contributed by atoms with van der Waals surface area (Å²) in [7, 11) is 0. The van der Waals surface area contributed by atoms with Gasteiger partial charge >= 0.3 is 11.9 Å². The van der Waals surface area contributed by atoms with Gasteiger partial charge in [0.2, 0.25) is 0 Å². The molecule has 0 aliphatic carbocycles. The Morgan fingerprint density at radius 3 is 2.06 bits per heavy atom. The molecule has 2 heterocycles. The Morgan fingerprint density at radius 1 is 0.938 bits per heavy atom. The van der Waals surface area contributed by atoms with Gasteiger partial charge in [-0.05, 0) is 30.8 Å². The average Bonchev–Trinajstić information content (AvgIpc) is 3.31. The number of hydrogen-bond donors (Lipinski definition) is 0. The highest BCUT2D eigenvalue weighted by atomic mass is 32.2. The van der Waals surface area contributed by atoms with Crippen molar-refractivity contribution in [2.24, 2.45) is 0 Å². The monoisotopic (exact) mass is 468 g/mol. The summed E-state index contributed by atoms with van der Waals surface area (Å²) >= 11 is 3.30. The van der Waals surface area contributed by atoms with Gasteiger partial charge in [-0.2, -0.15) is 5.26 Å². The molecule has 0 N–H and O–H groups in total. The molecule has 0 aromatic heterocycles. The van der Waals surface area contributed by atoms with Crippen LogP contribution in [0.15, 0.2) is 28.5 Å². The number of rotatable bonds is 4. The summed E-state index contributed by atoms with van der Waals surface area (Å²) in [5.74, 6) is 1.73. The first kappa shape index (κ1) is 22.6. The predicted octanol–water partition coefficient (Wildman–Crippen LogP) is 5.35. The van der Waals surface area contributed by atoms with Crippen LogP contribution in [0.2, 0.25) is 0 Å². The SMILES string of the molecule is CC(=O)Oc1c(C(C#N)=C2SCCCS2)c(N2CCCC2)c(OC(C)=O)c2ccccc12. The van der Waals surface area contributed by atoms with Crippen molar-refractivity contribution >= 4 is 57.5 Å². The summed E-state index contributed by atoms with van der Waals surface area (Å²) in [4.78, 5) is 26.4. The van der Waals surface area contributed by atoms with E-state index in [4.69, 9.17) is 9.47 Å². The van der Waals surface area contributed by atoms with Crippen molar-refractivity contribution in [1.29, 1.82) is 5.26 Å². The molecule has 2 fully saturated rings. The minimum atomic E-state index is -0.463.